The summed E-state index contributed by atoms with van der Waals surface area (Å²) in [7, 11) is 0. The van der Waals surface area contributed by atoms with Crippen LogP contribution in [0.2, 0.25) is 0 Å². The summed E-state index contributed by atoms with van der Waals surface area (Å²) in [5.74, 6) is -3.40. The second-order valence-electron chi connectivity index (χ2n) is 10.3. The molecule has 5 nitrogen and oxygen atoms in total. The summed E-state index contributed by atoms with van der Waals surface area (Å²) in [6.45, 7) is 6.03. The Morgan fingerprint density at radius 1 is 1.21 bits per heavy atom. The molecule has 1 atom stereocenters. The molecule has 4 rings (SSSR count). The van der Waals surface area contributed by atoms with E-state index in [0.717, 1.165) is 0 Å². The van der Waals surface area contributed by atoms with Crippen LogP contribution in [0.3, 0.4) is 0 Å². The number of carbonyl (C=O) groups excluding carboxylic acids is 1. The predicted octanol–water partition coefficient (Wildman–Crippen LogP) is 5.72. The molecule has 2 aromatic heterocycles. The van der Waals surface area contributed by atoms with Crippen molar-refractivity contribution in [2.75, 3.05) is 6.61 Å². The number of pyridine rings is 1. The van der Waals surface area contributed by atoms with Gasteiger partial charge in [-0.05, 0) is 70.9 Å². The Kier molecular flexibility index (Phi) is 6.42. The maximum absolute atomic E-state index is 13.8. The maximum Gasteiger partial charge on any atom is 0.435 e. The average molecular weight is 488 g/mol. The van der Waals surface area contributed by atoms with Gasteiger partial charge in [0, 0.05) is 36.7 Å². The average Bonchev–Trinajstić information content (AvgIpc) is 3.08. The van der Waals surface area contributed by atoms with Gasteiger partial charge in [0.15, 0.2) is 5.69 Å². The molecule has 1 aliphatic heterocycles. The number of imidazole rings is 1. The zero-order valence-electron chi connectivity index (χ0n) is 19.6. The van der Waals surface area contributed by atoms with Gasteiger partial charge >= 0.3 is 6.18 Å². The van der Waals surface area contributed by atoms with E-state index in [4.69, 9.17) is 4.74 Å². The first kappa shape index (κ1) is 24.9. The van der Waals surface area contributed by atoms with Crippen LogP contribution >= 0.6 is 0 Å². The maximum atomic E-state index is 13.8. The van der Waals surface area contributed by atoms with Gasteiger partial charge in [0.05, 0.1) is 11.3 Å². The molecule has 0 spiro atoms. The number of ether oxygens (including phenoxy) is 1. The molecule has 0 aromatic carbocycles. The third kappa shape index (κ3) is 5.37. The Bertz CT molecular complexity index is 1070. The molecule has 2 aliphatic rings. The molecule has 1 amide bonds. The van der Waals surface area contributed by atoms with Crippen LogP contribution in [0.15, 0.2) is 12.1 Å². The van der Waals surface area contributed by atoms with Crippen molar-refractivity contribution in [2.45, 2.75) is 89.5 Å². The van der Waals surface area contributed by atoms with Gasteiger partial charge in [0.2, 0.25) is 5.92 Å². The van der Waals surface area contributed by atoms with Crippen LogP contribution < -0.4 is 5.32 Å². The fourth-order valence-electron chi connectivity index (χ4n) is 5.18. The molecule has 1 saturated carbocycles. The van der Waals surface area contributed by atoms with E-state index in [9.17, 15) is 26.7 Å². The summed E-state index contributed by atoms with van der Waals surface area (Å²) in [6, 6.07) is 2.81. The molecule has 1 unspecified atom stereocenters. The van der Waals surface area contributed by atoms with Crippen LogP contribution in [0, 0.1) is 12.8 Å². The molecule has 3 heterocycles. The lowest BCUT2D eigenvalue weighted by Gasteiger charge is -2.35. The van der Waals surface area contributed by atoms with Crippen molar-refractivity contribution in [3.63, 3.8) is 0 Å². The van der Waals surface area contributed by atoms with Gasteiger partial charge in [-0.3, -0.25) is 4.79 Å². The fraction of sp³-hybridized carbons (Fsp3) is 0.667. The Morgan fingerprint density at radius 3 is 2.50 bits per heavy atom. The van der Waals surface area contributed by atoms with Crippen LogP contribution in [0.25, 0.3) is 5.65 Å². The molecule has 0 bridgehead atoms. The minimum atomic E-state index is -4.69. The monoisotopic (exact) mass is 487 g/mol. The number of carbonyl (C=O) groups is 1. The minimum Gasteiger partial charge on any atom is -0.375 e. The lowest BCUT2D eigenvalue weighted by atomic mass is 9.83. The third-order valence-electron chi connectivity index (χ3n) is 6.88. The van der Waals surface area contributed by atoms with Crippen molar-refractivity contribution in [3.8, 4) is 0 Å². The van der Waals surface area contributed by atoms with E-state index >= 15 is 0 Å². The van der Waals surface area contributed by atoms with Crippen LogP contribution in [0.5, 0.6) is 0 Å². The number of alkyl halides is 5. The lowest BCUT2D eigenvalue weighted by molar-refractivity contribution is -0.141. The third-order valence-corrected chi connectivity index (χ3v) is 6.88. The highest BCUT2D eigenvalue weighted by Gasteiger charge is 2.41. The van der Waals surface area contributed by atoms with E-state index in [1.165, 1.54) is 10.5 Å². The van der Waals surface area contributed by atoms with Gasteiger partial charge in [0.25, 0.3) is 5.91 Å². The SMILES string of the molecule is Cc1cc(C(=O)NC2CCOC(C)(C)C2)cc2nc(C(F)(F)F)c(CC3CCC(F)(F)CC3)n12. The zero-order chi connectivity index (χ0) is 24.9. The van der Waals surface area contributed by atoms with E-state index in [-0.39, 0.29) is 72.5 Å². The summed E-state index contributed by atoms with van der Waals surface area (Å²) in [4.78, 5) is 16.7. The van der Waals surface area contributed by atoms with Crippen LogP contribution in [-0.4, -0.2) is 39.5 Å². The lowest BCUT2D eigenvalue weighted by Crippen LogP contribution is -2.45. The highest BCUT2D eigenvalue weighted by Crippen LogP contribution is 2.40. The number of amides is 1. The molecule has 1 aliphatic carbocycles. The van der Waals surface area contributed by atoms with Gasteiger partial charge in [-0.15, -0.1) is 0 Å². The number of hydrogen-bond acceptors (Lipinski definition) is 3. The Balaban J connectivity index is 1.63. The summed E-state index contributed by atoms with van der Waals surface area (Å²) >= 11 is 0. The number of rotatable bonds is 4. The second kappa shape index (κ2) is 8.77. The largest absolute Gasteiger partial charge is 0.435 e. The van der Waals surface area contributed by atoms with Crippen molar-refractivity contribution in [1.29, 1.82) is 0 Å². The molecule has 2 aromatic rings. The smallest absolute Gasteiger partial charge is 0.375 e. The normalized spacial score (nSPS) is 23.2. The minimum absolute atomic E-state index is 0.00955. The standard InChI is InChI=1S/C24H30F5N3O2/c1-14-10-16(21(33)30-17-6-9-34-22(2,3)13-17)12-19-31-20(24(27,28)29)18(32(14)19)11-15-4-7-23(25,26)8-5-15/h10,12,15,17H,4-9,11,13H2,1-3H3,(H,30,33). The van der Waals surface area contributed by atoms with E-state index in [1.54, 1.807) is 13.0 Å². The summed E-state index contributed by atoms with van der Waals surface area (Å²) < 4.78 is 75.7. The second-order valence-corrected chi connectivity index (χ2v) is 10.3. The van der Waals surface area contributed by atoms with Crippen LogP contribution in [0.4, 0.5) is 22.0 Å². The highest BCUT2D eigenvalue weighted by molar-refractivity contribution is 5.95. The molecule has 0 radical (unpaired) electrons. The van der Waals surface area contributed by atoms with Gasteiger partial charge in [-0.2, -0.15) is 13.2 Å². The first-order chi connectivity index (χ1) is 15.7. The molecule has 2 fully saturated rings. The Hall–Kier alpha value is -2.23. The van der Waals surface area contributed by atoms with Crippen molar-refractivity contribution in [1.82, 2.24) is 14.7 Å². The van der Waals surface area contributed by atoms with E-state index in [0.29, 0.717) is 25.1 Å². The first-order valence-corrected chi connectivity index (χ1v) is 11.7. The number of nitrogens with zero attached hydrogens (tertiary/aromatic N) is 2. The summed E-state index contributed by atoms with van der Waals surface area (Å²) in [5.41, 5.74) is -0.712. The molecule has 34 heavy (non-hydrogen) atoms. The highest BCUT2D eigenvalue weighted by atomic mass is 19.4. The molecule has 1 N–H and O–H groups in total. The fourth-order valence-corrected chi connectivity index (χ4v) is 5.18. The first-order valence-electron chi connectivity index (χ1n) is 11.7. The van der Waals surface area contributed by atoms with Crippen LogP contribution in [0.1, 0.15) is 79.8 Å². The number of aromatic nitrogens is 2. The van der Waals surface area contributed by atoms with Crippen molar-refractivity contribution in [2.24, 2.45) is 5.92 Å². The Morgan fingerprint density at radius 2 is 1.88 bits per heavy atom. The topological polar surface area (TPSA) is 55.6 Å². The van der Waals surface area contributed by atoms with Crippen molar-refractivity contribution < 1.29 is 31.5 Å². The van der Waals surface area contributed by atoms with Crippen molar-refractivity contribution in [3.05, 3.63) is 34.8 Å². The number of halogens is 5. The zero-order valence-corrected chi connectivity index (χ0v) is 19.6. The van der Waals surface area contributed by atoms with Gasteiger partial charge in [-0.25, -0.2) is 13.8 Å². The molecular formula is C24H30F5N3O2. The number of aryl methyl sites for hydroxylation is 1. The number of nitrogens with one attached hydrogen (secondary N) is 1. The molecule has 10 heteroatoms. The summed E-state index contributed by atoms with van der Waals surface area (Å²) in [6.07, 6.45) is -3.70. The van der Waals surface area contributed by atoms with E-state index in [2.05, 4.69) is 10.3 Å². The molecular weight excluding hydrogens is 457 g/mol. The van der Waals surface area contributed by atoms with E-state index in [1.807, 2.05) is 13.8 Å². The number of fused-ring (bicyclic) bond motifs is 1. The molecule has 1 saturated heterocycles. The quantitative estimate of drug-likeness (QED) is 0.562. The van der Waals surface area contributed by atoms with Gasteiger partial charge in [-0.1, -0.05) is 0 Å². The number of hydrogen-bond donors (Lipinski definition) is 1. The van der Waals surface area contributed by atoms with Gasteiger partial charge < -0.3 is 14.5 Å². The summed E-state index contributed by atoms with van der Waals surface area (Å²) in [5, 5.41) is 2.96. The Labute approximate surface area is 195 Å². The van der Waals surface area contributed by atoms with Crippen LogP contribution in [-0.2, 0) is 17.3 Å². The van der Waals surface area contributed by atoms with E-state index < -0.39 is 17.8 Å². The van der Waals surface area contributed by atoms with Gasteiger partial charge in [0.1, 0.15) is 5.65 Å². The predicted molar refractivity (Wildman–Crippen MR) is 116 cm³/mol. The molecule has 188 valence electrons. The van der Waals surface area contributed by atoms with Crippen molar-refractivity contribution >= 4 is 11.6 Å².